The molecule has 1 saturated carbocycles. The highest BCUT2D eigenvalue weighted by Gasteiger charge is 2.35. The van der Waals surface area contributed by atoms with Crippen molar-refractivity contribution in [2.24, 2.45) is 0 Å². The first-order chi connectivity index (χ1) is 18.9. The lowest BCUT2D eigenvalue weighted by atomic mass is 10.0. The Bertz CT molecular complexity index is 1450. The zero-order valence-electron chi connectivity index (χ0n) is 21.5. The predicted molar refractivity (Wildman–Crippen MR) is 143 cm³/mol. The van der Waals surface area contributed by atoms with Gasteiger partial charge in [0.15, 0.2) is 0 Å². The Morgan fingerprint density at radius 1 is 1.08 bits per heavy atom. The van der Waals surface area contributed by atoms with Crippen molar-refractivity contribution in [1.29, 1.82) is 0 Å². The lowest BCUT2D eigenvalue weighted by Crippen LogP contribution is -2.47. The first-order valence-corrected chi connectivity index (χ1v) is 12.9. The monoisotopic (exact) mass is 528 g/mol. The van der Waals surface area contributed by atoms with Gasteiger partial charge in [0.2, 0.25) is 11.7 Å². The number of aromatic hydroxyl groups is 1. The summed E-state index contributed by atoms with van der Waals surface area (Å²) in [6, 6.07) is 18.4. The van der Waals surface area contributed by atoms with Crippen LogP contribution in [0, 0.1) is 12.7 Å². The van der Waals surface area contributed by atoms with Crippen LogP contribution in [0.3, 0.4) is 0 Å². The number of carbonyl (C=O) groups is 2. The van der Waals surface area contributed by atoms with Crippen molar-refractivity contribution in [3.63, 3.8) is 0 Å². The van der Waals surface area contributed by atoms with Gasteiger partial charge in [0.05, 0.1) is 0 Å². The number of hydrogen-bond acceptors (Lipinski definition) is 6. The van der Waals surface area contributed by atoms with Crippen molar-refractivity contribution < 1.29 is 19.1 Å². The fourth-order valence-electron chi connectivity index (χ4n) is 4.82. The van der Waals surface area contributed by atoms with E-state index >= 15 is 0 Å². The molecule has 1 aliphatic carbocycles. The Balaban J connectivity index is 1.50. The van der Waals surface area contributed by atoms with Crippen LogP contribution in [0.1, 0.15) is 42.9 Å². The summed E-state index contributed by atoms with van der Waals surface area (Å²) in [6.07, 6.45) is 3.87. The molecule has 200 valence electrons. The number of rotatable bonds is 8. The molecule has 1 atom stereocenters. The molecule has 2 amide bonds. The highest BCUT2D eigenvalue weighted by atomic mass is 19.1. The van der Waals surface area contributed by atoms with E-state index in [0.29, 0.717) is 16.8 Å². The summed E-state index contributed by atoms with van der Waals surface area (Å²) in [7, 11) is 0. The molecule has 1 fully saturated rings. The minimum atomic E-state index is -0.999. The van der Waals surface area contributed by atoms with Crippen LogP contribution < -0.4 is 10.2 Å². The Morgan fingerprint density at radius 3 is 2.49 bits per heavy atom. The minimum absolute atomic E-state index is 0.0402. The number of aryl methyl sites for hydroxylation is 1. The summed E-state index contributed by atoms with van der Waals surface area (Å²) in [6.45, 7) is 1.63. The number of amides is 2. The number of nitrogens with one attached hydrogen (secondary N) is 1. The van der Waals surface area contributed by atoms with Crippen molar-refractivity contribution in [3.8, 4) is 17.1 Å². The van der Waals surface area contributed by atoms with E-state index in [9.17, 15) is 19.1 Å². The largest absolute Gasteiger partial charge is 0.508 e. The van der Waals surface area contributed by atoms with Crippen LogP contribution in [0.5, 0.6) is 5.75 Å². The summed E-state index contributed by atoms with van der Waals surface area (Å²) in [5.41, 5.74) is 2.55. The summed E-state index contributed by atoms with van der Waals surface area (Å²) < 4.78 is 13.3. The quantitative estimate of drug-likeness (QED) is 0.352. The van der Waals surface area contributed by atoms with E-state index in [-0.39, 0.29) is 35.9 Å². The summed E-state index contributed by atoms with van der Waals surface area (Å²) in [5.74, 6) is -0.972. The number of tetrazole rings is 1. The SMILES string of the molecule is Cc1ccc([C@@H](C(=O)NC2CCCC2)N(C(=O)Cn2nnc(-c3ccc(F)cc3)n2)c2cccc(O)c2)cc1. The van der Waals surface area contributed by atoms with Crippen LogP contribution in [-0.4, -0.2) is 43.2 Å². The molecule has 0 saturated heterocycles. The minimum Gasteiger partial charge on any atom is -0.508 e. The molecule has 10 heteroatoms. The second kappa shape index (κ2) is 11.4. The third-order valence-corrected chi connectivity index (χ3v) is 6.81. The smallest absolute Gasteiger partial charge is 0.251 e. The molecule has 5 rings (SSSR count). The Labute approximate surface area is 225 Å². The normalized spacial score (nSPS) is 14.2. The number of phenols is 1. The van der Waals surface area contributed by atoms with Gasteiger partial charge < -0.3 is 10.4 Å². The van der Waals surface area contributed by atoms with Crippen molar-refractivity contribution in [3.05, 3.63) is 89.7 Å². The molecule has 9 nitrogen and oxygen atoms in total. The second-order valence-electron chi connectivity index (χ2n) is 9.74. The number of carbonyl (C=O) groups excluding carboxylic acids is 2. The van der Waals surface area contributed by atoms with Gasteiger partial charge in [-0.2, -0.15) is 4.80 Å². The molecule has 0 spiro atoms. The topological polar surface area (TPSA) is 113 Å². The van der Waals surface area contributed by atoms with E-state index in [0.717, 1.165) is 36.0 Å². The molecule has 4 aromatic rings. The number of nitrogens with zero attached hydrogens (tertiary/aromatic N) is 5. The molecule has 39 heavy (non-hydrogen) atoms. The molecule has 1 aromatic heterocycles. The average Bonchev–Trinajstić information content (AvgIpc) is 3.60. The number of aromatic nitrogens is 4. The van der Waals surface area contributed by atoms with Crippen LogP contribution in [0.25, 0.3) is 11.4 Å². The number of hydrogen-bond donors (Lipinski definition) is 2. The van der Waals surface area contributed by atoms with Crippen LogP contribution >= 0.6 is 0 Å². The van der Waals surface area contributed by atoms with Crippen molar-refractivity contribution in [2.75, 3.05) is 4.90 Å². The van der Waals surface area contributed by atoms with Gasteiger partial charge in [0.25, 0.3) is 5.91 Å². The van der Waals surface area contributed by atoms with E-state index in [4.69, 9.17) is 0 Å². The van der Waals surface area contributed by atoms with Crippen molar-refractivity contribution in [2.45, 2.75) is 51.2 Å². The lowest BCUT2D eigenvalue weighted by Gasteiger charge is -2.32. The zero-order valence-corrected chi connectivity index (χ0v) is 21.5. The molecule has 2 N–H and O–H groups in total. The van der Waals surface area contributed by atoms with Gasteiger partial charge >= 0.3 is 0 Å². The fourth-order valence-corrected chi connectivity index (χ4v) is 4.82. The second-order valence-corrected chi connectivity index (χ2v) is 9.74. The molecule has 1 heterocycles. The van der Waals surface area contributed by atoms with Gasteiger partial charge in [-0.1, -0.05) is 48.7 Å². The Hall–Kier alpha value is -4.60. The van der Waals surface area contributed by atoms with Gasteiger partial charge in [-0.05, 0) is 66.9 Å². The summed E-state index contributed by atoms with van der Waals surface area (Å²) in [5, 5.41) is 25.7. The average molecular weight is 529 g/mol. The van der Waals surface area contributed by atoms with Gasteiger partial charge in [0.1, 0.15) is 24.2 Å². The maximum Gasteiger partial charge on any atom is 0.251 e. The summed E-state index contributed by atoms with van der Waals surface area (Å²) in [4.78, 5) is 30.2. The van der Waals surface area contributed by atoms with Crippen LogP contribution in [-0.2, 0) is 16.1 Å². The third-order valence-electron chi connectivity index (χ3n) is 6.81. The highest BCUT2D eigenvalue weighted by molar-refractivity contribution is 6.01. The van der Waals surface area contributed by atoms with Gasteiger partial charge in [-0.15, -0.1) is 10.2 Å². The molecule has 0 radical (unpaired) electrons. The fraction of sp³-hybridized carbons (Fsp3) is 0.276. The first kappa shape index (κ1) is 26.0. The maximum absolute atomic E-state index is 13.9. The van der Waals surface area contributed by atoms with Crippen molar-refractivity contribution in [1.82, 2.24) is 25.5 Å². The molecule has 3 aromatic carbocycles. The first-order valence-electron chi connectivity index (χ1n) is 12.9. The molecular weight excluding hydrogens is 499 g/mol. The number of phenolic OH excluding ortho intramolecular Hbond substituents is 1. The maximum atomic E-state index is 13.9. The van der Waals surface area contributed by atoms with E-state index < -0.39 is 11.9 Å². The van der Waals surface area contributed by atoms with Crippen molar-refractivity contribution >= 4 is 17.5 Å². The van der Waals surface area contributed by atoms with Crippen LogP contribution in [0.2, 0.25) is 0 Å². The zero-order chi connectivity index (χ0) is 27.4. The molecular formula is C29H29FN6O3. The molecule has 0 aliphatic heterocycles. The van der Waals surface area contributed by atoms with E-state index in [2.05, 4.69) is 20.7 Å². The summed E-state index contributed by atoms with van der Waals surface area (Å²) >= 11 is 0. The number of halogens is 1. The highest BCUT2D eigenvalue weighted by Crippen LogP contribution is 2.31. The van der Waals surface area contributed by atoms with Gasteiger partial charge in [-0.3, -0.25) is 14.5 Å². The predicted octanol–water partition coefficient (Wildman–Crippen LogP) is 4.33. The standard InChI is InChI=1S/C29H29FN6O3/c1-19-9-11-20(12-10-19)27(29(39)31-23-5-2-3-6-23)36(24-7-4-8-25(37)17-24)26(38)18-35-33-28(32-34-35)21-13-15-22(30)16-14-21/h4,7-17,23,27,37H,2-3,5-6,18H2,1H3,(H,31,39)/t27-/m0/s1. The third kappa shape index (κ3) is 6.11. The van der Waals surface area contributed by atoms with Crippen LogP contribution in [0.4, 0.5) is 10.1 Å². The number of benzene rings is 3. The lowest BCUT2D eigenvalue weighted by molar-refractivity contribution is -0.127. The van der Waals surface area contributed by atoms with E-state index in [1.54, 1.807) is 12.1 Å². The molecule has 0 unspecified atom stereocenters. The Kier molecular flexibility index (Phi) is 7.62. The van der Waals surface area contributed by atoms with Gasteiger partial charge in [0, 0.05) is 23.4 Å². The number of anilines is 1. The van der Waals surface area contributed by atoms with E-state index in [1.165, 1.54) is 41.3 Å². The van der Waals surface area contributed by atoms with Crippen LogP contribution in [0.15, 0.2) is 72.8 Å². The van der Waals surface area contributed by atoms with Gasteiger partial charge in [-0.25, -0.2) is 4.39 Å². The van der Waals surface area contributed by atoms with E-state index in [1.807, 2.05) is 31.2 Å². The molecule has 0 bridgehead atoms. The Morgan fingerprint density at radius 2 is 1.79 bits per heavy atom. The molecule has 1 aliphatic rings.